The highest BCUT2D eigenvalue weighted by Gasteiger charge is 2.19. The highest BCUT2D eigenvalue weighted by molar-refractivity contribution is 6.30. The summed E-state index contributed by atoms with van der Waals surface area (Å²) in [4.78, 5) is 12.4. The molecular weight excluding hydrogens is 310 g/mol. The molecule has 0 saturated heterocycles. The van der Waals surface area contributed by atoms with E-state index >= 15 is 0 Å². The minimum atomic E-state index is -0.307. The average molecular weight is 336 g/mol. The van der Waals surface area contributed by atoms with Crippen LogP contribution >= 0.6 is 11.6 Å². The Morgan fingerprint density at radius 2 is 2.22 bits per heavy atom. The van der Waals surface area contributed by atoms with Gasteiger partial charge < -0.3 is 5.32 Å². The van der Waals surface area contributed by atoms with E-state index in [1.165, 1.54) is 12.8 Å². The number of hydrazone groups is 1. The molecule has 0 spiro atoms. The van der Waals surface area contributed by atoms with Crippen LogP contribution in [0, 0.1) is 12.8 Å². The molecule has 1 aromatic rings. The number of aryl methyl sites for hydroxylation is 1. The van der Waals surface area contributed by atoms with Gasteiger partial charge in [-0.05, 0) is 62.3 Å². The molecule has 0 heterocycles. The van der Waals surface area contributed by atoms with E-state index in [0.717, 1.165) is 29.8 Å². The third-order valence-corrected chi connectivity index (χ3v) is 4.68. The number of carbonyl (C=O) groups excluding carboxylic acids is 1. The summed E-state index contributed by atoms with van der Waals surface area (Å²) in [6.45, 7) is 6.14. The maximum Gasteiger partial charge on any atom is 0.262 e. The summed E-state index contributed by atoms with van der Waals surface area (Å²) in [5.74, 6) is 0.378. The number of amides is 1. The Hall–Kier alpha value is -1.55. The van der Waals surface area contributed by atoms with Gasteiger partial charge >= 0.3 is 0 Å². The zero-order valence-electron chi connectivity index (χ0n) is 14.2. The van der Waals surface area contributed by atoms with Gasteiger partial charge in [0.15, 0.2) is 0 Å². The summed E-state index contributed by atoms with van der Waals surface area (Å²) in [6.07, 6.45) is 5.26. The highest BCUT2D eigenvalue weighted by atomic mass is 35.5. The van der Waals surface area contributed by atoms with Gasteiger partial charge in [-0.15, -0.1) is 0 Å². The predicted octanol–water partition coefficient (Wildman–Crippen LogP) is 4.52. The van der Waals surface area contributed by atoms with Crippen LogP contribution in [-0.4, -0.2) is 17.7 Å². The SMILES string of the molecule is CCC(Nc1ccc(Cl)cc1C)C(=O)N/N=C1\CCCCC1C. The largest absolute Gasteiger partial charge is 0.373 e. The fraction of sp³-hybridized carbons (Fsp3) is 0.556. The average Bonchev–Trinajstić information content (AvgIpc) is 2.53. The van der Waals surface area contributed by atoms with Crippen LogP contribution < -0.4 is 10.7 Å². The van der Waals surface area contributed by atoms with Crippen molar-refractivity contribution in [1.82, 2.24) is 5.43 Å². The number of nitrogens with one attached hydrogen (secondary N) is 2. The monoisotopic (exact) mass is 335 g/mol. The summed E-state index contributed by atoms with van der Waals surface area (Å²) >= 11 is 5.97. The van der Waals surface area contributed by atoms with E-state index in [1.807, 2.05) is 32.0 Å². The molecule has 0 bridgehead atoms. The number of hydrogen-bond acceptors (Lipinski definition) is 3. The lowest BCUT2D eigenvalue weighted by Crippen LogP contribution is -2.38. The lowest BCUT2D eigenvalue weighted by molar-refractivity contribution is -0.121. The number of benzene rings is 1. The molecule has 5 heteroatoms. The molecule has 2 atom stereocenters. The number of rotatable bonds is 5. The van der Waals surface area contributed by atoms with Crippen LogP contribution in [0.1, 0.15) is 51.5 Å². The second-order valence-corrected chi connectivity index (χ2v) is 6.73. The normalized spacial score (nSPS) is 21.0. The smallest absolute Gasteiger partial charge is 0.262 e. The fourth-order valence-electron chi connectivity index (χ4n) is 2.87. The van der Waals surface area contributed by atoms with E-state index in [4.69, 9.17) is 11.6 Å². The summed E-state index contributed by atoms with van der Waals surface area (Å²) in [6, 6.07) is 5.31. The summed E-state index contributed by atoms with van der Waals surface area (Å²) in [5, 5.41) is 8.35. The van der Waals surface area contributed by atoms with Gasteiger partial charge in [0.25, 0.3) is 5.91 Å². The summed E-state index contributed by atoms with van der Waals surface area (Å²) in [5.41, 5.74) is 5.81. The molecule has 1 saturated carbocycles. The van der Waals surface area contributed by atoms with Gasteiger partial charge in [-0.2, -0.15) is 5.10 Å². The zero-order chi connectivity index (χ0) is 16.8. The first kappa shape index (κ1) is 17.8. The highest BCUT2D eigenvalue weighted by Crippen LogP contribution is 2.22. The molecule has 23 heavy (non-hydrogen) atoms. The number of carbonyl (C=O) groups is 1. The Bertz CT molecular complexity index is 586. The Morgan fingerprint density at radius 1 is 1.43 bits per heavy atom. The minimum absolute atomic E-state index is 0.0906. The van der Waals surface area contributed by atoms with E-state index in [2.05, 4.69) is 22.8 Å². The van der Waals surface area contributed by atoms with Crippen LogP contribution in [0.5, 0.6) is 0 Å². The standard InChI is InChI=1S/C18H26ClN3O/c1-4-15(20-16-10-9-14(19)11-13(16)3)18(23)22-21-17-8-6-5-7-12(17)2/h9-12,15,20H,4-8H2,1-3H3,(H,22,23)/b21-17+. The fourth-order valence-corrected chi connectivity index (χ4v) is 3.10. The van der Waals surface area contributed by atoms with Gasteiger partial charge in [0, 0.05) is 16.4 Å². The molecule has 1 amide bonds. The lowest BCUT2D eigenvalue weighted by atomic mass is 9.89. The van der Waals surface area contributed by atoms with Gasteiger partial charge in [0.1, 0.15) is 6.04 Å². The molecule has 0 aliphatic heterocycles. The molecule has 4 nitrogen and oxygen atoms in total. The third-order valence-electron chi connectivity index (χ3n) is 4.44. The maximum absolute atomic E-state index is 12.4. The van der Waals surface area contributed by atoms with Crippen molar-refractivity contribution in [3.05, 3.63) is 28.8 Å². The Labute approximate surface area is 143 Å². The van der Waals surface area contributed by atoms with Crippen LogP contribution in [0.3, 0.4) is 0 Å². The molecule has 126 valence electrons. The van der Waals surface area contributed by atoms with Crippen molar-refractivity contribution >= 4 is 28.9 Å². The Kier molecular flexibility index (Phi) is 6.46. The molecule has 2 rings (SSSR count). The van der Waals surface area contributed by atoms with Crippen molar-refractivity contribution < 1.29 is 4.79 Å². The van der Waals surface area contributed by atoms with E-state index in [9.17, 15) is 4.79 Å². The van der Waals surface area contributed by atoms with E-state index in [1.54, 1.807) is 0 Å². The first-order chi connectivity index (χ1) is 11.0. The Balaban J connectivity index is 1.99. The maximum atomic E-state index is 12.4. The quantitative estimate of drug-likeness (QED) is 0.777. The van der Waals surface area contributed by atoms with Crippen molar-refractivity contribution in [2.24, 2.45) is 11.0 Å². The lowest BCUT2D eigenvalue weighted by Gasteiger charge is -2.21. The van der Waals surface area contributed by atoms with Crippen molar-refractivity contribution in [2.45, 2.75) is 58.9 Å². The van der Waals surface area contributed by atoms with Crippen LogP contribution in [-0.2, 0) is 4.79 Å². The first-order valence-electron chi connectivity index (χ1n) is 8.40. The van der Waals surface area contributed by atoms with Gasteiger partial charge in [-0.1, -0.05) is 31.9 Å². The number of anilines is 1. The molecule has 0 radical (unpaired) electrons. The first-order valence-corrected chi connectivity index (χ1v) is 8.78. The summed E-state index contributed by atoms with van der Waals surface area (Å²) in [7, 11) is 0. The number of halogens is 1. The second-order valence-electron chi connectivity index (χ2n) is 6.29. The van der Waals surface area contributed by atoms with Crippen molar-refractivity contribution in [1.29, 1.82) is 0 Å². The van der Waals surface area contributed by atoms with Crippen molar-refractivity contribution in [3.63, 3.8) is 0 Å². The molecule has 1 fully saturated rings. The number of nitrogens with zero attached hydrogens (tertiary/aromatic N) is 1. The van der Waals surface area contributed by atoms with Gasteiger partial charge in [0.05, 0.1) is 0 Å². The van der Waals surface area contributed by atoms with Gasteiger partial charge in [-0.3, -0.25) is 4.79 Å². The predicted molar refractivity (Wildman–Crippen MR) is 97.1 cm³/mol. The Morgan fingerprint density at radius 3 is 2.87 bits per heavy atom. The molecule has 0 aromatic heterocycles. The van der Waals surface area contributed by atoms with Crippen LogP contribution in [0.15, 0.2) is 23.3 Å². The molecule has 1 aromatic carbocycles. The van der Waals surface area contributed by atoms with Crippen molar-refractivity contribution in [3.8, 4) is 0 Å². The summed E-state index contributed by atoms with van der Waals surface area (Å²) < 4.78 is 0. The molecule has 2 unspecified atom stereocenters. The van der Waals surface area contributed by atoms with Gasteiger partial charge in [-0.25, -0.2) is 5.43 Å². The molecular formula is C18H26ClN3O. The van der Waals surface area contributed by atoms with Crippen LogP contribution in [0.25, 0.3) is 0 Å². The molecule has 1 aliphatic rings. The van der Waals surface area contributed by atoms with E-state index < -0.39 is 0 Å². The topological polar surface area (TPSA) is 53.5 Å². The van der Waals surface area contributed by atoms with E-state index in [0.29, 0.717) is 17.4 Å². The van der Waals surface area contributed by atoms with Crippen LogP contribution in [0.2, 0.25) is 5.02 Å². The van der Waals surface area contributed by atoms with Crippen LogP contribution in [0.4, 0.5) is 5.69 Å². The van der Waals surface area contributed by atoms with Crippen molar-refractivity contribution in [2.75, 3.05) is 5.32 Å². The van der Waals surface area contributed by atoms with Gasteiger partial charge in [0.2, 0.25) is 0 Å². The van der Waals surface area contributed by atoms with E-state index in [-0.39, 0.29) is 11.9 Å². The zero-order valence-corrected chi connectivity index (χ0v) is 14.9. The second kappa shape index (κ2) is 8.34. The third kappa shape index (κ3) is 4.96. The number of hydrogen-bond donors (Lipinski definition) is 2. The molecule has 2 N–H and O–H groups in total. The minimum Gasteiger partial charge on any atom is -0.373 e. The molecule has 1 aliphatic carbocycles.